The SMILES string of the molecule is CCN(CC)c1ncccc1C(N)CO. The third-order valence-electron chi connectivity index (χ3n) is 2.48. The highest BCUT2D eigenvalue weighted by Crippen LogP contribution is 2.21. The number of hydrogen-bond acceptors (Lipinski definition) is 4. The van der Waals surface area contributed by atoms with Gasteiger partial charge in [-0.3, -0.25) is 0 Å². The minimum absolute atomic E-state index is 0.0556. The fourth-order valence-electron chi connectivity index (χ4n) is 1.58. The summed E-state index contributed by atoms with van der Waals surface area (Å²) in [6, 6.07) is 3.41. The normalized spacial score (nSPS) is 12.5. The molecule has 0 fully saturated rings. The molecule has 1 unspecified atom stereocenters. The zero-order chi connectivity index (χ0) is 11.3. The molecule has 0 aliphatic heterocycles. The lowest BCUT2D eigenvalue weighted by Crippen LogP contribution is -2.27. The molecule has 1 aromatic rings. The van der Waals surface area contributed by atoms with Crippen LogP contribution in [0.4, 0.5) is 5.82 Å². The molecular weight excluding hydrogens is 190 g/mol. The molecule has 1 rings (SSSR count). The third kappa shape index (κ3) is 2.67. The highest BCUT2D eigenvalue weighted by Gasteiger charge is 2.14. The summed E-state index contributed by atoms with van der Waals surface area (Å²) in [6.07, 6.45) is 1.75. The monoisotopic (exact) mass is 209 g/mol. The van der Waals surface area contributed by atoms with E-state index in [9.17, 15) is 0 Å². The van der Waals surface area contributed by atoms with Gasteiger partial charge in [0.2, 0.25) is 0 Å². The van der Waals surface area contributed by atoms with Gasteiger partial charge >= 0.3 is 0 Å². The number of anilines is 1. The van der Waals surface area contributed by atoms with Crippen LogP contribution in [-0.2, 0) is 0 Å². The Morgan fingerprint density at radius 3 is 2.67 bits per heavy atom. The Labute approximate surface area is 90.7 Å². The average molecular weight is 209 g/mol. The molecule has 0 aliphatic carbocycles. The first-order valence-electron chi connectivity index (χ1n) is 5.30. The van der Waals surface area contributed by atoms with Crippen LogP contribution in [-0.4, -0.2) is 29.8 Å². The van der Waals surface area contributed by atoms with Crippen LogP contribution in [0.1, 0.15) is 25.5 Å². The zero-order valence-electron chi connectivity index (χ0n) is 9.35. The van der Waals surface area contributed by atoms with Crippen LogP contribution in [0.5, 0.6) is 0 Å². The van der Waals surface area contributed by atoms with Gasteiger partial charge in [-0.2, -0.15) is 0 Å². The predicted molar refractivity (Wildman–Crippen MR) is 61.8 cm³/mol. The van der Waals surface area contributed by atoms with Crippen molar-refractivity contribution in [2.75, 3.05) is 24.6 Å². The molecule has 0 radical (unpaired) electrons. The lowest BCUT2D eigenvalue weighted by Gasteiger charge is -2.24. The van der Waals surface area contributed by atoms with Crippen molar-refractivity contribution in [2.45, 2.75) is 19.9 Å². The van der Waals surface area contributed by atoms with Gasteiger partial charge in [0.25, 0.3) is 0 Å². The number of pyridine rings is 1. The standard InChI is InChI=1S/C11H19N3O/c1-3-14(4-2)11-9(10(12)8-15)6-5-7-13-11/h5-7,10,15H,3-4,8,12H2,1-2H3. The molecule has 3 N–H and O–H groups in total. The maximum Gasteiger partial charge on any atom is 0.133 e. The third-order valence-corrected chi connectivity index (χ3v) is 2.48. The van der Waals surface area contributed by atoms with E-state index in [0.717, 1.165) is 24.5 Å². The van der Waals surface area contributed by atoms with Crippen LogP contribution < -0.4 is 10.6 Å². The molecule has 4 heteroatoms. The van der Waals surface area contributed by atoms with Crippen LogP contribution in [0.25, 0.3) is 0 Å². The van der Waals surface area contributed by atoms with Gasteiger partial charge in [0, 0.05) is 24.8 Å². The first-order chi connectivity index (χ1) is 7.24. The summed E-state index contributed by atoms with van der Waals surface area (Å²) in [5.74, 6) is 0.879. The Kier molecular flexibility index (Phi) is 4.52. The lowest BCUT2D eigenvalue weighted by molar-refractivity contribution is 0.268. The Hall–Kier alpha value is -1.13. The molecule has 0 aromatic carbocycles. The lowest BCUT2D eigenvalue weighted by atomic mass is 10.1. The summed E-state index contributed by atoms with van der Waals surface area (Å²) in [5.41, 5.74) is 6.73. The minimum Gasteiger partial charge on any atom is -0.394 e. The first-order valence-corrected chi connectivity index (χ1v) is 5.30. The van der Waals surface area contributed by atoms with Crippen molar-refractivity contribution >= 4 is 5.82 Å². The Morgan fingerprint density at radius 1 is 1.47 bits per heavy atom. The second-order valence-corrected chi connectivity index (χ2v) is 3.38. The summed E-state index contributed by atoms with van der Waals surface area (Å²) < 4.78 is 0. The molecule has 1 aromatic heterocycles. The molecule has 1 atom stereocenters. The van der Waals surface area contributed by atoms with E-state index in [1.54, 1.807) is 6.20 Å². The van der Waals surface area contributed by atoms with E-state index < -0.39 is 0 Å². The summed E-state index contributed by atoms with van der Waals surface area (Å²) in [6.45, 7) is 5.87. The molecule has 0 bridgehead atoms. The number of rotatable bonds is 5. The molecular formula is C11H19N3O. The van der Waals surface area contributed by atoms with Crippen LogP contribution in [0, 0.1) is 0 Å². The predicted octanol–water partition coefficient (Wildman–Crippen LogP) is 0.920. The van der Waals surface area contributed by atoms with Gasteiger partial charge in [0.15, 0.2) is 0 Å². The van der Waals surface area contributed by atoms with Crippen LogP contribution in [0.15, 0.2) is 18.3 Å². The van der Waals surface area contributed by atoms with Gasteiger partial charge < -0.3 is 15.7 Å². The summed E-state index contributed by atoms with van der Waals surface area (Å²) >= 11 is 0. The average Bonchev–Trinajstić information content (AvgIpc) is 2.30. The van der Waals surface area contributed by atoms with Crippen LogP contribution in [0.2, 0.25) is 0 Å². The maximum absolute atomic E-state index is 9.07. The van der Waals surface area contributed by atoms with E-state index in [2.05, 4.69) is 23.7 Å². The van der Waals surface area contributed by atoms with E-state index in [4.69, 9.17) is 10.8 Å². The van der Waals surface area contributed by atoms with Crippen molar-refractivity contribution in [3.05, 3.63) is 23.9 Å². The fourth-order valence-corrected chi connectivity index (χ4v) is 1.58. The quantitative estimate of drug-likeness (QED) is 0.757. The van der Waals surface area contributed by atoms with Gasteiger partial charge in [-0.15, -0.1) is 0 Å². The van der Waals surface area contributed by atoms with Gasteiger partial charge in [0.05, 0.1) is 12.6 Å². The van der Waals surface area contributed by atoms with E-state index in [1.807, 2.05) is 12.1 Å². The number of hydrogen-bond donors (Lipinski definition) is 2. The number of nitrogens with zero attached hydrogens (tertiary/aromatic N) is 2. The molecule has 84 valence electrons. The summed E-state index contributed by atoms with van der Waals surface area (Å²) in [7, 11) is 0. The largest absolute Gasteiger partial charge is 0.394 e. The van der Waals surface area contributed by atoms with E-state index in [-0.39, 0.29) is 12.6 Å². The van der Waals surface area contributed by atoms with Crippen molar-refractivity contribution in [3.8, 4) is 0 Å². The number of aliphatic hydroxyl groups excluding tert-OH is 1. The van der Waals surface area contributed by atoms with Gasteiger partial charge in [-0.25, -0.2) is 4.98 Å². The van der Waals surface area contributed by atoms with Crippen molar-refractivity contribution < 1.29 is 5.11 Å². The summed E-state index contributed by atoms with van der Waals surface area (Å²) in [4.78, 5) is 6.45. The molecule has 0 saturated heterocycles. The molecule has 4 nitrogen and oxygen atoms in total. The highest BCUT2D eigenvalue weighted by molar-refractivity contribution is 5.48. The molecule has 0 aliphatic rings. The second kappa shape index (κ2) is 5.68. The number of nitrogens with two attached hydrogens (primary N) is 1. The molecule has 0 amide bonds. The Balaban J connectivity index is 3.04. The molecule has 0 saturated carbocycles. The second-order valence-electron chi connectivity index (χ2n) is 3.38. The molecule has 1 heterocycles. The fraction of sp³-hybridized carbons (Fsp3) is 0.545. The van der Waals surface area contributed by atoms with Crippen molar-refractivity contribution in [2.24, 2.45) is 5.73 Å². The molecule has 0 spiro atoms. The zero-order valence-corrected chi connectivity index (χ0v) is 9.35. The van der Waals surface area contributed by atoms with Crippen molar-refractivity contribution in [3.63, 3.8) is 0 Å². The number of aromatic nitrogens is 1. The minimum atomic E-state index is -0.353. The Bertz CT molecular complexity index is 300. The number of aliphatic hydroxyl groups is 1. The molecule has 15 heavy (non-hydrogen) atoms. The van der Waals surface area contributed by atoms with Gasteiger partial charge in [0.1, 0.15) is 5.82 Å². The van der Waals surface area contributed by atoms with Crippen LogP contribution in [0.3, 0.4) is 0 Å². The maximum atomic E-state index is 9.07. The smallest absolute Gasteiger partial charge is 0.133 e. The summed E-state index contributed by atoms with van der Waals surface area (Å²) in [5, 5.41) is 9.07. The van der Waals surface area contributed by atoms with Crippen LogP contribution >= 0.6 is 0 Å². The van der Waals surface area contributed by atoms with E-state index >= 15 is 0 Å². The highest BCUT2D eigenvalue weighted by atomic mass is 16.3. The van der Waals surface area contributed by atoms with Crippen molar-refractivity contribution in [1.82, 2.24) is 4.98 Å². The van der Waals surface area contributed by atoms with E-state index in [1.165, 1.54) is 0 Å². The van der Waals surface area contributed by atoms with Gasteiger partial charge in [-0.05, 0) is 19.9 Å². The van der Waals surface area contributed by atoms with Crippen molar-refractivity contribution in [1.29, 1.82) is 0 Å². The van der Waals surface area contributed by atoms with Gasteiger partial charge in [-0.1, -0.05) is 6.07 Å². The first kappa shape index (κ1) is 11.9. The Morgan fingerprint density at radius 2 is 2.13 bits per heavy atom. The topological polar surface area (TPSA) is 62.4 Å². The van der Waals surface area contributed by atoms with E-state index in [0.29, 0.717) is 0 Å².